The van der Waals surface area contributed by atoms with Gasteiger partial charge in [0.15, 0.2) is 9.84 Å². The third-order valence-electron chi connectivity index (χ3n) is 5.74. The fraction of sp³-hybridized carbons (Fsp3) is 0.550. The van der Waals surface area contributed by atoms with E-state index in [0.29, 0.717) is 5.56 Å². The van der Waals surface area contributed by atoms with Gasteiger partial charge in [-0.2, -0.15) is 13.2 Å². The van der Waals surface area contributed by atoms with Crippen LogP contribution in [0.3, 0.4) is 0 Å². The number of benzene rings is 1. The molecule has 2 aliphatic rings. The van der Waals surface area contributed by atoms with Crippen LogP contribution in [0.15, 0.2) is 24.3 Å². The minimum atomic E-state index is -5.12. The smallest absolute Gasteiger partial charge is 0.323 e. The van der Waals surface area contributed by atoms with Gasteiger partial charge in [0.05, 0.1) is 11.5 Å². The van der Waals surface area contributed by atoms with Crippen molar-refractivity contribution in [2.45, 2.75) is 44.4 Å². The molecule has 1 heterocycles. The molecule has 1 aromatic rings. The van der Waals surface area contributed by atoms with Crippen LogP contribution in [-0.2, 0) is 21.2 Å². The van der Waals surface area contributed by atoms with Crippen LogP contribution in [0.2, 0.25) is 0 Å². The van der Waals surface area contributed by atoms with Crippen LogP contribution < -0.4 is 10.9 Å². The van der Waals surface area contributed by atoms with Crippen molar-refractivity contribution in [1.29, 1.82) is 0 Å². The van der Waals surface area contributed by atoms with Crippen molar-refractivity contribution in [2.75, 3.05) is 24.6 Å². The molecule has 1 aliphatic carbocycles. The normalized spacial score (nSPS) is 18.6. The van der Waals surface area contributed by atoms with E-state index >= 15 is 0 Å². The lowest BCUT2D eigenvalue weighted by Gasteiger charge is -2.36. The molecule has 0 radical (unpaired) electrons. The van der Waals surface area contributed by atoms with Gasteiger partial charge in [-0.1, -0.05) is 25.0 Å². The summed E-state index contributed by atoms with van der Waals surface area (Å²) >= 11 is 0. The Morgan fingerprint density at radius 1 is 1.00 bits per heavy atom. The number of urea groups is 1. The zero-order valence-electron chi connectivity index (χ0n) is 17.7. The van der Waals surface area contributed by atoms with Crippen LogP contribution in [0, 0.1) is 0 Å². The summed E-state index contributed by atoms with van der Waals surface area (Å²) < 4.78 is 60.0. The van der Waals surface area contributed by atoms with Gasteiger partial charge in [0.2, 0.25) is 0 Å². The summed E-state index contributed by atoms with van der Waals surface area (Å²) in [5.41, 5.74) is 3.73. The van der Waals surface area contributed by atoms with Gasteiger partial charge in [0.25, 0.3) is 5.91 Å². The van der Waals surface area contributed by atoms with Crippen LogP contribution in [0.5, 0.6) is 0 Å². The number of hydrogen-bond donors (Lipinski definition) is 2. The number of alkyl halides is 3. The Bertz CT molecular complexity index is 978. The molecule has 0 aromatic heterocycles. The third kappa shape index (κ3) is 6.59. The summed E-state index contributed by atoms with van der Waals surface area (Å²) in [6.07, 6.45) is -1.45. The van der Waals surface area contributed by atoms with Gasteiger partial charge in [-0.3, -0.25) is 20.4 Å². The molecule has 3 rings (SSSR count). The second-order valence-electron chi connectivity index (χ2n) is 8.09. The van der Waals surface area contributed by atoms with Gasteiger partial charge < -0.3 is 9.80 Å². The molecular weight excluding hydrogens is 465 g/mol. The number of sulfone groups is 1. The predicted octanol–water partition coefficient (Wildman–Crippen LogP) is 1.60. The fourth-order valence-electron chi connectivity index (χ4n) is 3.87. The summed E-state index contributed by atoms with van der Waals surface area (Å²) in [5, 5.41) is 0. The molecule has 0 spiro atoms. The second-order valence-corrected chi connectivity index (χ2v) is 10.4. The first-order chi connectivity index (χ1) is 15.5. The first-order valence-corrected chi connectivity index (χ1v) is 12.3. The van der Waals surface area contributed by atoms with E-state index in [9.17, 15) is 36.0 Å². The van der Waals surface area contributed by atoms with Crippen LogP contribution in [0.1, 0.15) is 41.6 Å². The maximum Gasteiger partial charge on any atom is 0.472 e. The van der Waals surface area contributed by atoms with E-state index in [4.69, 9.17) is 0 Å². The second kappa shape index (κ2) is 9.98. The van der Waals surface area contributed by atoms with E-state index in [0.717, 1.165) is 25.7 Å². The van der Waals surface area contributed by atoms with Crippen molar-refractivity contribution in [3.8, 4) is 0 Å². The Kier molecular flexibility index (Phi) is 7.50. The Hall–Kier alpha value is -2.83. The third-order valence-corrected chi connectivity index (χ3v) is 7.35. The number of hydrogen-bond acceptors (Lipinski definition) is 5. The monoisotopic (exact) mass is 490 g/mol. The lowest BCUT2D eigenvalue weighted by Crippen LogP contribution is -2.52. The largest absolute Gasteiger partial charge is 0.472 e. The lowest BCUT2D eigenvalue weighted by molar-refractivity contribution is -0.174. The molecule has 1 aromatic carbocycles. The molecule has 0 unspecified atom stereocenters. The molecule has 9 nitrogen and oxygen atoms in total. The average molecular weight is 491 g/mol. The molecule has 182 valence electrons. The number of nitrogens with one attached hydrogen (secondary N) is 2. The minimum Gasteiger partial charge on any atom is -0.323 e. The van der Waals surface area contributed by atoms with Gasteiger partial charge in [-0.05, 0) is 30.5 Å². The van der Waals surface area contributed by atoms with Crippen LogP contribution in [0.25, 0.3) is 0 Å². The van der Waals surface area contributed by atoms with E-state index in [1.165, 1.54) is 17.6 Å². The summed E-state index contributed by atoms with van der Waals surface area (Å²) in [7, 11) is -3.12. The van der Waals surface area contributed by atoms with Gasteiger partial charge in [0, 0.05) is 31.2 Å². The van der Waals surface area contributed by atoms with Crippen molar-refractivity contribution in [3.63, 3.8) is 0 Å². The standard InChI is InChI=1S/C20H25F3N4O5S/c21-20(22,23)18(29)25-24-17(28)15-7-5-14(6-8-15)13-27(16-3-1-2-4-16)19(30)26-9-11-33(31,32)12-10-26/h5-8,16H,1-4,9-13H2,(H,24,28)(H,25,29). The fourth-order valence-corrected chi connectivity index (χ4v) is 5.07. The average Bonchev–Trinajstić information content (AvgIpc) is 3.29. The van der Waals surface area contributed by atoms with E-state index in [1.54, 1.807) is 27.4 Å². The molecule has 2 fully saturated rings. The molecule has 1 aliphatic heterocycles. The SMILES string of the molecule is O=C(NNC(=O)C(F)(F)F)c1ccc(CN(C(=O)N2CCS(=O)(=O)CC2)C2CCCC2)cc1. The summed E-state index contributed by atoms with van der Waals surface area (Å²) in [5.74, 6) is -3.33. The van der Waals surface area contributed by atoms with Crippen molar-refractivity contribution in [1.82, 2.24) is 20.7 Å². The highest BCUT2D eigenvalue weighted by atomic mass is 32.2. The lowest BCUT2D eigenvalue weighted by atomic mass is 10.1. The summed E-state index contributed by atoms with van der Waals surface area (Å²) in [6, 6.07) is 5.72. The number of hydrazine groups is 1. The molecule has 1 saturated heterocycles. The van der Waals surface area contributed by atoms with Gasteiger partial charge in [0.1, 0.15) is 0 Å². The zero-order chi connectivity index (χ0) is 24.2. The molecule has 33 heavy (non-hydrogen) atoms. The Morgan fingerprint density at radius 2 is 1.58 bits per heavy atom. The van der Waals surface area contributed by atoms with Crippen LogP contribution >= 0.6 is 0 Å². The summed E-state index contributed by atoms with van der Waals surface area (Å²) in [4.78, 5) is 39.2. The molecular formula is C20H25F3N4O5S. The highest BCUT2D eigenvalue weighted by Crippen LogP contribution is 2.26. The van der Waals surface area contributed by atoms with Crippen molar-refractivity contribution in [2.24, 2.45) is 0 Å². The number of halogens is 3. The topological polar surface area (TPSA) is 116 Å². The molecule has 2 N–H and O–H groups in total. The van der Waals surface area contributed by atoms with E-state index in [2.05, 4.69) is 0 Å². The number of nitrogens with zero attached hydrogens (tertiary/aromatic N) is 2. The van der Waals surface area contributed by atoms with Crippen molar-refractivity contribution < 1.29 is 36.0 Å². The van der Waals surface area contributed by atoms with Gasteiger partial charge in [-0.25, -0.2) is 13.2 Å². The maximum atomic E-state index is 13.2. The van der Waals surface area contributed by atoms with Crippen LogP contribution in [-0.4, -0.2) is 72.9 Å². The van der Waals surface area contributed by atoms with E-state index in [1.807, 2.05) is 0 Å². The van der Waals surface area contributed by atoms with Crippen molar-refractivity contribution in [3.05, 3.63) is 35.4 Å². The van der Waals surface area contributed by atoms with Crippen molar-refractivity contribution >= 4 is 27.7 Å². The number of carbonyl (C=O) groups is 3. The maximum absolute atomic E-state index is 13.2. The first-order valence-electron chi connectivity index (χ1n) is 10.5. The molecule has 4 amide bonds. The Morgan fingerprint density at radius 3 is 2.12 bits per heavy atom. The predicted molar refractivity (Wildman–Crippen MR) is 112 cm³/mol. The molecule has 13 heteroatoms. The highest BCUT2D eigenvalue weighted by molar-refractivity contribution is 7.91. The summed E-state index contributed by atoms with van der Waals surface area (Å²) in [6.45, 7) is 0.541. The Labute approximate surface area is 189 Å². The van der Waals surface area contributed by atoms with Gasteiger partial charge >= 0.3 is 18.1 Å². The zero-order valence-corrected chi connectivity index (χ0v) is 18.5. The van der Waals surface area contributed by atoms with E-state index < -0.39 is 27.8 Å². The first kappa shape index (κ1) is 24.8. The minimum absolute atomic E-state index is 0.0246. The number of amides is 4. The van der Waals surface area contributed by atoms with Crippen LogP contribution in [0.4, 0.5) is 18.0 Å². The number of carbonyl (C=O) groups excluding carboxylic acids is 3. The Balaban J connectivity index is 1.65. The highest BCUT2D eigenvalue weighted by Gasteiger charge is 2.39. The molecule has 0 bridgehead atoms. The molecule has 0 atom stereocenters. The van der Waals surface area contributed by atoms with E-state index in [-0.39, 0.29) is 48.8 Å². The molecule has 1 saturated carbocycles. The number of rotatable bonds is 4. The van der Waals surface area contributed by atoms with Gasteiger partial charge in [-0.15, -0.1) is 0 Å². The quantitative estimate of drug-likeness (QED) is 0.622.